The van der Waals surface area contributed by atoms with Crippen LogP contribution in [0.5, 0.6) is 0 Å². The SMILES string of the molecule is C1CCC2=NCCCN2CC1.CCCCN(CCCC)CCCC.CCN(C(C)C)C(C)C. The molecule has 0 aromatic carbocycles. The summed E-state index contributed by atoms with van der Waals surface area (Å²) >= 11 is 0. The topological polar surface area (TPSA) is 22.1 Å². The molecule has 0 amide bonds. The van der Waals surface area contributed by atoms with E-state index in [4.69, 9.17) is 0 Å². The van der Waals surface area contributed by atoms with Crippen LogP contribution in [0.15, 0.2) is 4.99 Å². The number of aliphatic imine (C=N–C) groups is 1. The largest absolute Gasteiger partial charge is 0.360 e. The van der Waals surface area contributed by atoms with Crippen molar-refractivity contribution in [3.8, 4) is 0 Å². The van der Waals surface area contributed by atoms with Crippen LogP contribution in [0.25, 0.3) is 0 Å². The molecule has 0 radical (unpaired) electrons. The maximum absolute atomic E-state index is 4.55. The monoisotopic (exact) mass is 466 g/mol. The first-order valence-electron chi connectivity index (χ1n) is 14.7. The smallest absolute Gasteiger partial charge is 0.0988 e. The normalized spacial score (nSPS) is 16.1. The number of hydrogen-bond donors (Lipinski definition) is 0. The van der Waals surface area contributed by atoms with Crippen molar-refractivity contribution in [1.82, 2.24) is 14.7 Å². The van der Waals surface area contributed by atoms with Crippen molar-refractivity contribution in [2.45, 2.75) is 138 Å². The van der Waals surface area contributed by atoms with Gasteiger partial charge in [0.2, 0.25) is 0 Å². The van der Waals surface area contributed by atoms with E-state index in [1.807, 2.05) is 0 Å². The maximum Gasteiger partial charge on any atom is 0.0988 e. The van der Waals surface area contributed by atoms with Crippen LogP contribution in [0.1, 0.15) is 126 Å². The van der Waals surface area contributed by atoms with E-state index in [1.54, 1.807) is 0 Å². The third-order valence-corrected chi connectivity index (χ3v) is 6.75. The molecule has 4 nitrogen and oxygen atoms in total. The number of amidine groups is 1. The van der Waals surface area contributed by atoms with Crippen molar-refractivity contribution in [2.75, 3.05) is 45.8 Å². The Hall–Kier alpha value is -0.610. The van der Waals surface area contributed by atoms with Gasteiger partial charge < -0.3 is 9.80 Å². The number of hydrogen-bond acceptors (Lipinski definition) is 4. The fourth-order valence-electron chi connectivity index (χ4n) is 4.75. The molecule has 1 fully saturated rings. The number of fused-ring (bicyclic) bond motifs is 1. The van der Waals surface area contributed by atoms with Gasteiger partial charge in [-0.1, -0.05) is 53.4 Å². The predicted molar refractivity (Wildman–Crippen MR) is 151 cm³/mol. The summed E-state index contributed by atoms with van der Waals surface area (Å²) in [6.07, 6.45) is 14.7. The molecule has 0 aliphatic carbocycles. The minimum atomic E-state index is 0.690. The van der Waals surface area contributed by atoms with Crippen LogP contribution >= 0.6 is 0 Å². The highest BCUT2D eigenvalue weighted by Gasteiger charge is 2.16. The van der Waals surface area contributed by atoms with Gasteiger partial charge in [0.15, 0.2) is 0 Å². The third kappa shape index (κ3) is 16.6. The van der Waals surface area contributed by atoms with Crippen LogP contribution < -0.4 is 0 Å². The molecule has 4 heteroatoms. The van der Waals surface area contributed by atoms with Crippen LogP contribution in [0.2, 0.25) is 0 Å². The summed E-state index contributed by atoms with van der Waals surface area (Å²) in [5.41, 5.74) is 0. The molecule has 1 saturated heterocycles. The van der Waals surface area contributed by atoms with Crippen LogP contribution in [0.3, 0.4) is 0 Å². The first kappa shape index (κ1) is 32.4. The first-order chi connectivity index (χ1) is 15.9. The number of nitrogens with zero attached hydrogens (tertiary/aromatic N) is 4. The summed E-state index contributed by atoms with van der Waals surface area (Å²) in [6, 6.07) is 1.38. The molecule has 0 aromatic rings. The lowest BCUT2D eigenvalue weighted by molar-refractivity contribution is 0.185. The van der Waals surface area contributed by atoms with E-state index >= 15 is 0 Å². The summed E-state index contributed by atoms with van der Waals surface area (Å²) in [7, 11) is 0. The van der Waals surface area contributed by atoms with Gasteiger partial charge in [-0.3, -0.25) is 9.89 Å². The van der Waals surface area contributed by atoms with E-state index in [0.717, 1.165) is 13.1 Å². The minimum absolute atomic E-state index is 0.690. The molecule has 0 bridgehead atoms. The average molecular weight is 467 g/mol. The molecular weight excluding hydrogens is 404 g/mol. The van der Waals surface area contributed by atoms with Crippen molar-refractivity contribution in [3.63, 3.8) is 0 Å². The zero-order chi connectivity index (χ0) is 24.9. The lowest BCUT2D eigenvalue weighted by atomic mass is 10.2. The highest BCUT2D eigenvalue weighted by atomic mass is 15.2. The zero-order valence-corrected chi connectivity index (χ0v) is 24.2. The summed E-state index contributed by atoms with van der Waals surface area (Å²) in [6.45, 7) is 26.7. The van der Waals surface area contributed by atoms with Crippen LogP contribution in [-0.4, -0.2) is 78.4 Å². The Morgan fingerprint density at radius 2 is 1.24 bits per heavy atom. The highest BCUT2D eigenvalue weighted by molar-refractivity contribution is 5.83. The van der Waals surface area contributed by atoms with Crippen molar-refractivity contribution in [1.29, 1.82) is 0 Å². The van der Waals surface area contributed by atoms with Gasteiger partial charge in [0, 0.05) is 38.1 Å². The van der Waals surface area contributed by atoms with Gasteiger partial charge in [0.25, 0.3) is 0 Å². The lowest BCUT2D eigenvalue weighted by Gasteiger charge is -2.28. The molecule has 0 aromatic heterocycles. The molecule has 33 heavy (non-hydrogen) atoms. The van der Waals surface area contributed by atoms with E-state index in [0.29, 0.717) is 12.1 Å². The van der Waals surface area contributed by atoms with Gasteiger partial charge in [-0.15, -0.1) is 0 Å². The van der Waals surface area contributed by atoms with Crippen LogP contribution in [0, 0.1) is 0 Å². The summed E-state index contributed by atoms with van der Waals surface area (Å²) in [5.74, 6) is 1.40. The van der Waals surface area contributed by atoms with E-state index in [1.165, 1.54) is 109 Å². The molecule has 0 unspecified atom stereocenters. The lowest BCUT2D eigenvalue weighted by Crippen LogP contribution is -2.36. The molecule has 0 spiro atoms. The van der Waals surface area contributed by atoms with Crippen molar-refractivity contribution in [2.24, 2.45) is 4.99 Å². The van der Waals surface area contributed by atoms with Gasteiger partial charge in [0.05, 0.1) is 5.84 Å². The fraction of sp³-hybridized carbons (Fsp3) is 0.966. The molecule has 0 saturated carbocycles. The van der Waals surface area contributed by atoms with Gasteiger partial charge in [0.1, 0.15) is 0 Å². The van der Waals surface area contributed by atoms with Gasteiger partial charge in [-0.2, -0.15) is 0 Å². The van der Waals surface area contributed by atoms with E-state index in [9.17, 15) is 0 Å². The van der Waals surface area contributed by atoms with E-state index < -0.39 is 0 Å². The Morgan fingerprint density at radius 1 is 0.727 bits per heavy atom. The molecule has 198 valence electrons. The second kappa shape index (κ2) is 21.9. The number of unbranched alkanes of at least 4 members (excludes halogenated alkanes) is 3. The Bertz CT molecular complexity index is 420. The Balaban J connectivity index is 0.000000473. The van der Waals surface area contributed by atoms with Gasteiger partial charge in [-0.25, -0.2) is 0 Å². The molecule has 2 heterocycles. The van der Waals surface area contributed by atoms with Crippen LogP contribution in [0.4, 0.5) is 0 Å². The third-order valence-electron chi connectivity index (χ3n) is 6.75. The zero-order valence-electron chi connectivity index (χ0n) is 24.2. The van der Waals surface area contributed by atoms with Gasteiger partial charge in [-0.05, 0) is 92.4 Å². The second-order valence-corrected chi connectivity index (χ2v) is 10.4. The summed E-state index contributed by atoms with van der Waals surface area (Å²) in [5, 5.41) is 0. The van der Waals surface area contributed by atoms with E-state index in [-0.39, 0.29) is 0 Å². The Kier molecular flexibility index (Phi) is 21.5. The second-order valence-electron chi connectivity index (χ2n) is 10.4. The van der Waals surface area contributed by atoms with Crippen molar-refractivity contribution >= 4 is 5.84 Å². The van der Waals surface area contributed by atoms with Crippen molar-refractivity contribution < 1.29 is 0 Å². The Morgan fingerprint density at radius 3 is 1.67 bits per heavy atom. The quantitative estimate of drug-likeness (QED) is 0.297. The molecule has 0 N–H and O–H groups in total. The molecule has 0 atom stereocenters. The fourth-order valence-corrected chi connectivity index (χ4v) is 4.75. The van der Waals surface area contributed by atoms with Crippen LogP contribution in [-0.2, 0) is 0 Å². The maximum atomic E-state index is 4.55. The van der Waals surface area contributed by atoms with Crippen molar-refractivity contribution in [3.05, 3.63) is 0 Å². The Labute approximate surface area is 209 Å². The minimum Gasteiger partial charge on any atom is -0.360 e. The summed E-state index contributed by atoms with van der Waals surface area (Å²) in [4.78, 5) is 12.1. The first-order valence-corrected chi connectivity index (χ1v) is 14.7. The standard InChI is InChI=1S/C12H27N.C9H16N2.C8H19N/c1-4-7-10-13(11-8-5-2)12-9-6-3;1-2-5-9-10-6-4-8-11(9)7-3-1;1-6-9(7(2)3)8(4)5/h4-12H2,1-3H3;1-8H2;7-8H,6H2,1-5H3. The molecular formula is C29H62N4. The van der Waals surface area contributed by atoms with E-state index in [2.05, 4.69) is 75.1 Å². The highest BCUT2D eigenvalue weighted by Crippen LogP contribution is 2.15. The molecule has 2 aliphatic heterocycles. The average Bonchev–Trinajstić information content (AvgIpc) is 3.05. The number of rotatable bonds is 12. The summed E-state index contributed by atoms with van der Waals surface area (Å²) < 4.78 is 0. The van der Waals surface area contributed by atoms with Gasteiger partial charge >= 0.3 is 0 Å². The molecule has 2 rings (SSSR count). The molecule has 2 aliphatic rings. The predicted octanol–water partition coefficient (Wildman–Crippen LogP) is 7.48.